The third-order valence-corrected chi connectivity index (χ3v) is 3.83. The molecule has 0 spiro atoms. The number of amidine groups is 1. The third-order valence-electron chi connectivity index (χ3n) is 3.07. The molecule has 3 N–H and O–H groups in total. The summed E-state index contributed by atoms with van der Waals surface area (Å²) < 4.78 is 5.87. The number of hydrogen-bond donors (Lipinski definition) is 2. The number of fused-ring (bicyclic) bond motifs is 2. The molecule has 2 aromatic carbocycles. The summed E-state index contributed by atoms with van der Waals surface area (Å²) in [5.41, 5.74) is 7.34. The first-order chi connectivity index (χ1) is 9.66. The van der Waals surface area contributed by atoms with E-state index in [4.69, 9.17) is 15.6 Å². The second-order valence-electron chi connectivity index (χ2n) is 4.37. The van der Waals surface area contributed by atoms with Gasteiger partial charge in [0.1, 0.15) is 11.2 Å². The first-order valence-corrected chi connectivity index (χ1v) is 7.05. The second kappa shape index (κ2) is 5.02. The van der Waals surface area contributed by atoms with E-state index in [9.17, 15) is 4.79 Å². The van der Waals surface area contributed by atoms with Crippen LogP contribution in [0.2, 0.25) is 0 Å². The Bertz CT molecular complexity index is 871. The van der Waals surface area contributed by atoms with Crippen LogP contribution in [0.25, 0.3) is 21.9 Å². The highest BCUT2D eigenvalue weighted by Gasteiger charge is 2.10. The zero-order valence-corrected chi connectivity index (χ0v) is 11.4. The van der Waals surface area contributed by atoms with Gasteiger partial charge in [-0.3, -0.25) is 10.2 Å². The zero-order valence-electron chi connectivity index (χ0n) is 10.6. The minimum atomic E-state index is -0.0310. The maximum atomic E-state index is 12.4. The van der Waals surface area contributed by atoms with E-state index in [0.717, 1.165) is 5.56 Å². The van der Waals surface area contributed by atoms with Crippen molar-refractivity contribution in [2.24, 2.45) is 5.73 Å². The lowest BCUT2D eigenvalue weighted by atomic mass is 10.1. The molecule has 0 unspecified atom stereocenters. The fourth-order valence-electron chi connectivity index (χ4n) is 2.15. The Morgan fingerprint density at radius 3 is 2.70 bits per heavy atom. The summed E-state index contributed by atoms with van der Waals surface area (Å²) in [6, 6.07) is 12.7. The second-order valence-corrected chi connectivity index (χ2v) is 5.39. The molecular weight excluding hydrogens is 272 g/mol. The maximum Gasteiger partial charge on any atom is 0.200 e. The van der Waals surface area contributed by atoms with Crippen molar-refractivity contribution in [3.05, 3.63) is 58.3 Å². The van der Waals surface area contributed by atoms with Gasteiger partial charge < -0.3 is 10.2 Å². The molecule has 0 fully saturated rings. The highest BCUT2D eigenvalue weighted by atomic mass is 32.2. The van der Waals surface area contributed by atoms with Gasteiger partial charge in [-0.2, -0.15) is 0 Å². The molecule has 1 aromatic heterocycles. The van der Waals surface area contributed by atoms with Crippen LogP contribution in [0.15, 0.2) is 51.7 Å². The summed E-state index contributed by atoms with van der Waals surface area (Å²) >= 11 is 1.21. The molecule has 0 amide bonds. The van der Waals surface area contributed by atoms with Crippen molar-refractivity contribution in [3.63, 3.8) is 0 Å². The molecule has 0 radical (unpaired) electrons. The van der Waals surface area contributed by atoms with Gasteiger partial charge in [0.25, 0.3) is 0 Å². The third kappa shape index (κ3) is 2.16. The number of nitrogens with two attached hydrogens (primary N) is 1. The first-order valence-electron chi connectivity index (χ1n) is 6.07. The molecule has 0 saturated carbocycles. The topological polar surface area (TPSA) is 80.1 Å². The molecule has 3 aromatic rings. The lowest BCUT2D eigenvalue weighted by molar-refractivity contribution is 0.656. The minimum Gasteiger partial charge on any atom is -0.455 e. The Morgan fingerprint density at radius 1 is 1.15 bits per heavy atom. The maximum absolute atomic E-state index is 12.4. The van der Waals surface area contributed by atoms with Gasteiger partial charge in [-0.1, -0.05) is 36.0 Å². The van der Waals surface area contributed by atoms with Crippen molar-refractivity contribution in [1.29, 1.82) is 5.41 Å². The Morgan fingerprint density at radius 2 is 1.90 bits per heavy atom. The fraction of sp³-hybridized carbons (Fsp3) is 0.0667. The summed E-state index contributed by atoms with van der Waals surface area (Å²) in [5, 5.41) is 8.46. The predicted molar refractivity (Wildman–Crippen MR) is 83.2 cm³/mol. The number of hydrogen-bond acceptors (Lipinski definition) is 4. The molecule has 5 heteroatoms. The number of rotatable bonds is 2. The minimum absolute atomic E-state index is 0.0310. The van der Waals surface area contributed by atoms with Crippen molar-refractivity contribution in [3.8, 4) is 0 Å². The number of nitrogens with one attached hydrogen (secondary N) is 1. The lowest BCUT2D eigenvalue weighted by Gasteiger charge is -2.06. The van der Waals surface area contributed by atoms with Crippen molar-refractivity contribution in [2.75, 3.05) is 0 Å². The van der Waals surface area contributed by atoms with Gasteiger partial charge in [0.15, 0.2) is 5.17 Å². The molecule has 0 aliphatic heterocycles. The van der Waals surface area contributed by atoms with E-state index in [1.807, 2.05) is 24.3 Å². The summed E-state index contributed by atoms with van der Waals surface area (Å²) in [6.45, 7) is 0. The van der Waals surface area contributed by atoms with Gasteiger partial charge in [-0.05, 0) is 18.2 Å². The first kappa shape index (κ1) is 12.7. The number of para-hydroxylation sites is 2. The van der Waals surface area contributed by atoms with Crippen molar-refractivity contribution < 1.29 is 4.42 Å². The van der Waals surface area contributed by atoms with Crippen molar-refractivity contribution in [2.45, 2.75) is 5.75 Å². The van der Waals surface area contributed by atoms with Crippen LogP contribution < -0.4 is 11.2 Å². The van der Waals surface area contributed by atoms with Crippen molar-refractivity contribution in [1.82, 2.24) is 0 Å². The Kier molecular flexibility index (Phi) is 3.20. The van der Waals surface area contributed by atoms with E-state index in [1.165, 1.54) is 11.8 Å². The fourth-order valence-corrected chi connectivity index (χ4v) is 2.69. The molecule has 1 heterocycles. The average molecular weight is 284 g/mol. The quantitative estimate of drug-likeness (QED) is 0.430. The molecule has 3 rings (SSSR count). The monoisotopic (exact) mass is 284 g/mol. The Labute approximate surface area is 119 Å². The summed E-state index contributed by atoms with van der Waals surface area (Å²) in [6.07, 6.45) is 0. The molecule has 0 aliphatic rings. The van der Waals surface area contributed by atoms with E-state index in [-0.39, 0.29) is 10.6 Å². The Hall–Kier alpha value is -2.27. The average Bonchev–Trinajstić information content (AvgIpc) is 2.45. The molecule has 0 bridgehead atoms. The smallest absolute Gasteiger partial charge is 0.200 e. The van der Waals surface area contributed by atoms with Crippen LogP contribution in [0.5, 0.6) is 0 Å². The highest BCUT2D eigenvalue weighted by molar-refractivity contribution is 8.13. The van der Waals surface area contributed by atoms with E-state index in [2.05, 4.69) is 0 Å². The van der Waals surface area contributed by atoms with Crippen LogP contribution in [0.3, 0.4) is 0 Å². The van der Waals surface area contributed by atoms with Crippen LogP contribution in [0.1, 0.15) is 5.56 Å². The van der Waals surface area contributed by atoms with Crippen LogP contribution >= 0.6 is 11.8 Å². The number of thioether (sulfide) groups is 1. The van der Waals surface area contributed by atoms with E-state index < -0.39 is 0 Å². The van der Waals surface area contributed by atoms with Crippen molar-refractivity contribution >= 4 is 38.9 Å². The highest BCUT2D eigenvalue weighted by Crippen LogP contribution is 2.24. The van der Waals surface area contributed by atoms with Crippen LogP contribution in [0.4, 0.5) is 0 Å². The van der Waals surface area contributed by atoms with E-state index >= 15 is 0 Å². The Balaban J connectivity index is 2.28. The molecule has 4 nitrogen and oxygen atoms in total. The molecule has 20 heavy (non-hydrogen) atoms. The summed E-state index contributed by atoms with van der Waals surface area (Å²) in [4.78, 5) is 12.4. The van der Waals surface area contributed by atoms with Gasteiger partial charge in [0, 0.05) is 11.3 Å². The summed E-state index contributed by atoms with van der Waals surface area (Å²) in [7, 11) is 0. The van der Waals surface area contributed by atoms with Gasteiger partial charge >= 0.3 is 0 Å². The normalized spacial score (nSPS) is 11.0. The van der Waals surface area contributed by atoms with E-state index in [1.54, 1.807) is 18.2 Å². The van der Waals surface area contributed by atoms with Gasteiger partial charge in [0.2, 0.25) is 5.43 Å². The molecule has 100 valence electrons. The van der Waals surface area contributed by atoms with Gasteiger partial charge in [0.05, 0.1) is 10.8 Å². The predicted octanol–water partition coefficient (Wildman–Crippen LogP) is 3.07. The zero-order chi connectivity index (χ0) is 14.1. The van der Waals surface area contributed by atoms with Gasteiger partial charge in [-0.15, -0.1) is 0 Å². The number of benzene rings is 2. The van der Waals surface area contributed by atoms with Crippen LogP contribution in [0, 0.1) is 5.41 Å². The molecule has 0 atom stereocenters. The largest absolute Gasteiger partial charge is 0.455 e. The SMILES string of the molecule is N=C(N)SCc1cccc2c(=O)c3ccccc3oc12. The van der Waals surface area contributed by atoms with Crippen LogP contribution in [-0.2, 0) is 5.75 Å². The van der Waals surface area contributed by atoms with E-state index in [0.29, 0.717) is 27.7 Å². The summed E-state index contributed by atoms with van der Waals surface area (Å²) in [5.74, 6) is 0.508. The lowest BCUT2D eigenvalue weighted by Crippen LogP contribution is -2.05. The van der Waals surface area contributed by atoms with Gasteiger partial charge in [-0.25, -0.2) is 0 Å². The standard InChI is InChI=1S/C15H12N2O2S/c16-15(17)20-8-9-4-3-6-11-13(18)10-5-1-2-7-12(10)19-14(9)11/h1-7H,8H2,(H3,16,17). The molecule has 0 aliphatic carbocycles. The van der Waals surface area contributed by atoms with Crippen LogP contribution in [-0.4, -0.2) is 5.17 Å². The molecule has 0 saturated heterocycles. The molecular formula is C15H12N2O2S.